The molecule has 8 heteroatoms. The Balaban J connectivity index is 1.47. The third kappa shape index (κ3) is 4.37. The van der Waals surface area contributed by atoms with Crippen LogP contribution in [-0.2, 0) is 5.41 Å². The van der Waals surface area contributed by atoms with Gasteiger partial charge in [-0.25, -0.2) is 13.6 Å². The molecule has 0 unspecified atom stereocenters. The van der Waals surface area contributed by atoms with Gasteiger partial charge in [0.1, 0.15) is 11.6 Å². The lowest BCUT2D eigenvalue weighted by atomic mass is 9.63. The van der Waals surface area contributed by atoms with Crippen molar-refractivity contribution < 1.29 is 23.0 Å². The molecule has 1 saturated carbocycles. The number of likely N-dealkylation sites (tertiary alicyclic amines) is 1. The van der Waals surface area contributed by atoms with Crippen LogP contribution in [0.15, 0.2) is 36.4 Å². The lowest BCUT2D eigenvalue weighted by molar-refractivity contribution is 0.197. The summed E-state index contributed by atoms with van der Waals surface area (Å²) in [4.78, 5) is 14.8. The first-order valence-corrected chi connectivity index (χ1v) is 10.8. The predicted octanol–water partition coefficient (Wildman–Crippen LogP) is 4.16. The zero-order valence-electron chi connectivity index (χ0n) is 18.6. The van der Waals surface area contributed by atoms with Crippen molar-refractivity contribution in [3.63, 3.8) is 0 Å². The van der Waals surface area contributed by atoms with E-state index in [2.05, 4.69) is 34.7 Å². The number of nitrogens with zero attached hydrogens (tertiary/aromatic N) is 1. The minimum atomic E-state index is -0.730. The van der Waals surface area contributed by atoms with E-state index >= 15 is 0 Å². The zero-order chi connectivity index (χ0) is 22.9. The lowest BCUT2D eigenvalue weighted by Gasteiger charge is -2.42. The van der Waals surface area contributed by atoms with E-state index < -0.39 is 17.7 Å². The first-order chi connectivity index (χ1) is 15.3. The summed E-state index contributed by atoms with van der Waals surface area (Å²) < 4.78 is 37.7. The first kappa shape index (κ1) is 22.3. The molecule has 2 N–H and O–H groups in total. The van der Waals surface area contributed by atoms with E-state index in [1.807, 2.05) is 6.07 Å². The lowest BCUT2D eigenvalue weighted by Crippen LogP contribution is -2.48. The molecule has 2 aliphatic rings. The number of fused-ring (bicyclic) bond motifs is 1. The summed E-state index contributed by atoms with van der Waals surface area (Å²) in [7, 11) is 5.39. The highest BCUT2D eigenvalue weighted by Gasteiger charge is 2.50. The SMILES string of the molecule is COc1ccc([C@@]23CC[C@@H](NC(=O)Nc4cc(F)cc(F)c4)C[C@@H]2CN(C)C3)cc1OC. The molecule has 2 fully saturated rings. The number of anilines is 1. The molecule has 0 spiro atoms. The number of hydrogen-bond acceptors (Lipinski definition) is 4. The molecule has 0 radical (unpaired) electrons. The molecule has 2 aromatic carbocycles. The summed E-state index contributed by atoms with van der Waals surface area (Å²) in [5.41, 5.74) is 1.30. The number of ether oxygens (including phenoxy) is 2. The van der Waals surface area contributed by atoms with Gasteiger partial charge in [-0.2, -0.15) is 0 Å². The number of likely N-dealkylation sites (N-methyl/N-ethyl adjacent to an activating group) is 1. The number of amides is 2. The van der Waals surface area contributed by atoms with Crippen molar-refractivity contribution in [1.82, 2.24) is 10.2 Å². The number of carbonyl (C=O) groups excluding carboxylic acids is 1. The number of nitrogens with one attached hydrogen (secondary N) is 2. The average molecular weight is 446 g/mol. The number of rotatable bonds is 5. The second-order valence-electron chi connectivity index (χ2n) is 8.85. The highest BCUT2D eigenvalue weighted by molar-refractivity contribution is 5.89. The summed E-state index contributed by atoms with van der Waals surface area (Å²) in [6.07, 6.45) is 2.55. The van der Waals surface area contributed by atoms with Crippen LogP contribution >= 0.6 is 0 Å². The van der Waals surface area contributed by atoms with Crippen LogP contribution in [0.1, 0.15) is 24.8 Å². The number of carbonyl (C=O) groups is 1. The van der Waals surface area contributed by atoms with Gasteiger partial charge in [0, 0.05) is 36.3 Å². The average Bonchev–Trinajstić information content (AvgIpc) is 3.08. The van der Waals surface area contributed by atoms with E-state index in [-0.39, 0.29) is 17.1 Å². The van der Waals surface area contributed by atoms with Crippen molar-refractivity contribution >= 4 is 11.7 Å². The fourth-order valence-corrected chi connectivity index (χ4v) is 5.43. The highest BCUT2D eigenvalue weighted by Crippen LogP contribution is 2.49. The molecule has 1 heterocycles. The number of benzene rings is 2. The van der Waals surface area contributed by atoms with Crippen LogP contribution in [0.4, 0.5) is 19.3 Å². The quantitative estimate of drug-likeness (QED) is 0.726. The van der Waals surface area contributed by atoms with Crippen molar-refractivity contribution in [2.75, 3.05) is 39.7 Å². The molecule has 6 nitrogen and oxygen atoms in total. The van der Waals surface area contributed by atoms with Gasteiger partial charge in [0.15, 0.2) is 11.5 Å². The molecule has 1 aliphatic heterocycles. The van der Waals surface area contributed by atoms with Gasteiger partial charge >= 0.3 is 6.03 Å². The Morgan fingerprint density at radius 3 is 2.50 bits per heavy atom. The molecule has 2 amide bonds. The normalized spacial score (nSPS) is 25.2. The molecule has 2 aromatic rings. The third-order valence-corrected chi connectivity index (χ3v) is 6.79. The summed E-state index contributed by atoms with van der Waals surface area (Å²) in [6.45, 7) is 1.87. The van der Waals surface area contributed by atoms with Crippen molar-refractivity contribution in [2.24, 2.45) is 5.92 Å². The topological polar surface area (TPSA) is 62.8 Å². The summed E-state index contributed by atoms with van der Waals surface area (Å²) >= 11 is 0. The number of methoxy groups -OCH3 is 2. The van der Waals surface area contributed by atoms with Crippen molar-refractivity contribution in [3.8, 4) is 11.5 Å². The Hall–Kier alpha value is -2.87. The standard InChI is InChI=1S/C24H29F2N3O3/c1-29-13-16-8-19(27-23(30)28-20-11-17(25)10-18(26)12-20)6-7-24(16,14-29)15-4-5-21(31-2)22(9-15)32-3/h4-5,9-12,16,19H,6-8,13-14H2,1-3H3,(H2,27,28,30)/t16-,19-,24+/m1/s1. The van der Waals surface area contributed by atoms with Gasteiger partial charge in [0.2, 0.25) is 0 Å². The van der Waals surface area contributed by atoms with Crippen LogP contribution in [0.2, 0.25) is 0 Å². The molecule has 4 rings (SSSR count). The van der Waals surface area contributed by atoms with Gasteiger partial charge in [-0.05, 0) is 62.1 Å². The fourth-order valence-electron chi connectivity index (χ4n) is 5.43. The largest absolute Gasteiger partial charge is 0.493 e. The Kier molecular flexibility index (Phi) is 6.24. The molecule has 0 bridgehead atoms. The second-order valence-corrected chi connectivity index (χ2v) is 8.85. The number of halogens is 2. The van der Waals surface area contributed by atoms with Gasteiger partial charge in [-0.3, -0.25) is 0 Å². The van der Waals surface area contributed by atoms with E-state index in [0.717, 1.165) is 56.3 Å². The fraction of sp³-hybridized carbons (Fsp3) is 0.458. The molecular weight excluding hydrogens is 416 g/mol. The van der Waals surface area contributed by atoms with Crippen molar-refractivity contribution in [1.29, 1.82) is 0 Å². The molecular formula is C24H29F2N3O3. The van der Waals surface area contributed by atoms with Crippen molar-refractivity contribution in [2.45, 2.75) is 30.7 Å². The van der Waals surface area contributed by atoms with Crippen LogP contribution in [0, 0.1) is 17.6 Å². The maximum absolute atomic E-state index is 13.4. The Labute approximate surface area is 186 Å². The van der Waals surface area contributed by atoms with E-state index in [4.69, 9.17) is 9.47 Å². The molecule has 3 atom stereocenters. The van der Waals surface area contributed by atoms with E-state index in [0.29, 0.717) is 11.7 Å². The smallest absolute Gasteiger partial charge is 0.319 e. The Bertz CT molecular complexity index is 982. The second kappa shape index (κ2) is 8.94. The van der Waals surface area contributed by atoms with Crippen LogP contribution in [0.5, 0.6) is 11.5 Å². The molecule has 1 saturated heterocycles. The van der Waals surface area contributed by atoms with Crippen LogP contribution < -0.4 is 20.1 Å². The van der Waals surface area contributed by atoms with E-state index in [1.165, 1.54) is 5.56 Å². The minimum absolute atomic E-state index is 0.0156. The van der Waals surface area contributed by atoms with Gasteiger partial charge in [0.25, 0.3) is 0 Å². The molecule has 32 heavy (non-hydrogen) atoms. The Morgan fingerprint density at radius 2 is 1.81 bits per heavy atom. The zero-order valence-corrected chi connectivity index (χ0v) is 18.6. The van der Waals surface area contributed by atoms with Gasteiger partial charge < -0.3 is 25.0 Å². The minimum Gasteiger partial charge on any atom is -0.493 e. The molecule has 0 aromatic heterocycles. The van der Waals surface area contributed by atoms with E-state index in [9.17, 15) is 13.6 Å². The predicted molar refractivity (Wildman–Crippen MR) is 118 cm³/mol. The van der Waals surface area contributed by atoms with Gasteiger partial charge in [0.05, 0.1) is 14.2 Å². The molecule has 1 aliphatic carbocycles. The maximum atomic E-state index is 13.4. The first-order valence-electron chi connectivity index (χ1n) is 10.8. The van der Waals surface area contributed by atoms with E-state index in [1.54, 1.807) is 14.2 Å². The third-order valence-electron chi connectivity index (χ3n) is 6.79. The van der Waals surface area contributed by atoms with Crippen LogP contribution in [-0.4, -0.2) is 51.3 Å². The summed E-state index contributed by atoms with van der Waals surface area (Å²) in [6, 6.07) is 8.64. The van der Waals surface area contributed by atoms with Gasteiger partial charge in [-0.1, -0.05) is 6.07 Å². The maximum Gasteiger partial charge on any atom is 0.319 e. The highest BCUT2D eigenvalue weighted by atomic mass is 19.1. The van der Waals surface area contributed by atoms with Crippen LogP contribution in [0.3, 0.4) is 0 Å². The summed E-state index contributed by atoms with van der Waals surface area (Å²) in [5, 5.41) is 5.52. The van der Waals surface area contributed by atoms with Crippen molar-refractivity contribution in [3.05, 3.63) is 53.6 Å². The number of urea groups is 1. The Morgan fingerprint density at radius 1 is 1.09 bits per heavy atom. The monoisotopic (exact) mass is 445 g/mol. The number of hydrogen-bond donors (Lipinski definition) is 2. The molecule has 172 valence electrons. The van der Waals surface area contributed by atoms with Gasteiger partial charge in [-0.15, -0.1) is 0 Å². The summed E-state index contributed by atoms with van der Waals surface area (Å²) in [5.74, 6) is 0.320. The van der Waals surface area contributed by atoms with Crippen LogP contribution in [0.25, 0.3) is 0 Å².